The highest BCUT2D eigenvalue weighted by molar-refractivity contribution is 5.21. The number of hydrogen-bond acceptors (Lipinski definition) is 4. The van der Waals surface area contributed by atoms with Crippen molar-refractivity contribution in [2.45, 2.75) is 39.2 Å². The van der Waals surface area contributed by atoms with E-state index >= 15 is 0 Å². The number of anilines is 1. The first kappa shape index (κ1) is 12.9. The van der Waals surface area contributed by atoms with Gasteiger partial charge in [0.05, 0.1) is 0 Å². The molecule has 1 aromatic rings. The van der Waals surface area contributed by atoms with Crippen LogP contribution in [0.5, 0.6) is 0 Å². The summed E-state index contributed by atoms with van der Waals surface area (Å²) >= 11 is 0. The second kappa shape index (κ2) is 8.05. The third kappa shape index (κ3) is 5.66. The summed E-state index contributed by atoms with van der Waals surface area (Å²) in [7, 11) is 0. The summed E-state index contributed by atoms with van der Waals surface area (Å²) in [5.74, 6) is 0.712. The van der Waals surface area contributed by atoms with Crippen molar-refractivity contribution in [2.75, 3.05) is 18.4 Å². The Morgan fingerprint density at radius 1 is 1.25 bits per heavy atom. The first-order valence-corrected chi connectivity index (χ1v) is 6.07. The summed E-state index contributed by atoms with van der Waals surface area (Å²) in [4.78, 5) is 8.20. The Hall–Kier alpha value is -1.16. The summed E-state index contributed by atoms with van der Waals surface area (Å²) in [5, 5.41) is 6.68. The highest BCUT2D eigenvalue weighted by Crippen LogP contribution is 1.96. The maximum absolute atomic E-state index is 4.10. The van der Waals surface area contributed by atoms with E-state index in [1.165, 1.54) is 12.8 Å². The molecule has 0 fully saturated rings. The molecule has 0 aliphatic heterocycles. The molecule has 4 heteroatoms. The number of nitrogens with zero attached hydrogens (tertiary/aromatic N) is 2. The largest absolute Gasteiger partial charge is 0.354 e. The van der Waals surface area contributed by atoms with Crippen LogP contribution >= 0.6 is 0 Å². The maximum Gasteiger partial charge on any atom is 0.222 e. The van der Waals surface area contributed by atoms with E-state index in [2.05, 4.69) is 34.4 Å². The van der Waals surface area contributed by atoms with Crippen LogP contribution in [0.25, 0.3) is 0 Å². The number of nitrogens with one attached hydrogen (secondary N) is 2. The quantitative estimate of drug-likeness (QED) is 0.661. The Morgan fingerprint density at radius 3 is 2.69 bits per heavy atom. The molecule has 0 aliphatic rings. The van der Waals surface area contributed by atoms with E-state index in [1.54, 1.807) is 12.4 Å². The van der Waals surface area contributed by atoms with Gasteiger partial charge in [0.25, 0.3) is 0 Å². The van der Waals surface area contributed by atoms with E-state index in [0.717, 1.165) is 19.5 Å². The molecule has 0 aromatic carbocycles. The van der Waals surface area contributed by atoms with Gasteiger partial charge in [0, 0.05) is 25.0 Å². The van der Waals surface area contributed by atoms with Crippen molar-refractivity contribution in [1.29, 1.82) is 0 Å². The molecule has 1 aromatic heterocycles. The smallest absolute Gasteiger partial charge is 0.222 e. The molecule has 4 nitrogen and oxygen atoms in total. The Morgan fingerprint density at radius 2 is 2.00 bits per heavy atom. The topological polar surface area (TPSA) is 49.8 Å². The van der Waals surface area contributed by atoms with Gasteiger partial charge in [-0.15, -0.1) is 0 Å². The van der Waals surface area contributed by atoms with Crippen LogP contribution in [0, 0.1) is 0 Å². The van der Waals surface area contributed by atoms with Crippen molar-refractivity contribution < 1.29 is 0 Å². The molecule has 0 spiro atoms. The molecule has 90 valence electrons. The number of rotatable bonds is 8. The fraction of sp³-hybridized carbons (Fsp3) is 0.667. The van der Waals surface area contributed by atoms with Crippen LogP contribution in [0.3, 0.4) is 0 Å². The van der Waals surface area contributed by atoms with Crippen LogP contribution in [0.15, 0.2) is 18.5 Å². The van der Waals surface area contributed by atoms with Crippen molar-refractivity contribution in [1.82, 2.24) is 15.3 Å². The molecule has 0 bridgehead atoms. The minimum Gasteiger partial charge on any atom is -0.354 e. The minimum absolute atomic E-state index is 0.623. The summed E-state index contributed by atoms with van der Waals surface area (Å²) in [5.41, 5.74) is 0. The fourth-order valence-corrected chi connectivity index (χ4v) is 1.56. The summed E-state index contributed by atoms with van der Waals surface area (Å²) < 4.78 is 0. The van der Waals surface area contributed by atoms with Crippen LogP contribution in [-0.2, 0) is 0 Å². The average molecular weight is 222 g/mol. The van der Waals surface area contributed by atoms with Crippen molar-refractivity contribution in [3.05, 3.63) is 18.5 Å². The van der Waals surface area contributed by atoms with Gasteiger partial charge >= 0.3 is 0 Å². The average Bonchev–Trinajstić information content (AvgIpc) is 2.30. The highest BCUT2D eigenvalue weighted by Gasteiger charge is 1.98. The molecule has 0 aliphatic carbocycles. The van der Waals surface area contributed by atoms with Crippen molar-refractivity contribution >= 4 is 5.95 Å². The van der Waals surface area contributed by atoms with E-state index in [1.807, 2.05) is 6.07 Å². The predicted molar refractivity (Wildman–Crippen MR) is 67.5 cm³/mol. The Bertz CT molecular complexity index is 263. The molecule has 2 N–H and O–H groups in total. The van der Waals surface area contributed by atoms with Gasteiger partial charge in [0.2, 0.25) is 5.95 Å². The lowest BCUT2D eigenvalue weighted by Gasteiger charge is -2.12. The molecule has 1 atom stereocenters. The SMILES string of the molecule is CCCC(C)NCCCNc1ncccn1. The molecule has 0 saturated heterocycles. The Balaban J connectivity index is 2.00. The molecular formula is C12H22N4. The van der Waals surface area contributed by atoms with E-state index in [0.29, 0.717) is 12.0 Å². The zero-order chi connectivity index (χ0) is 11.6. The van der Waals surface area contributed by atoms with Gasteiger partial charge in [0.1, 0.15) is 0 Å². The van der Waals surface area contributed by atoms with E-state index in [4.69, 9.17) is 0 Å². The molecule has 0 saturated carbocycles. The molecule has 16 heavy (non-hydrogen) atoms. The number of hydrogen-bond donors (Lipinski definition) is 2. The van der Waals surface area contributed by atoms with E-state index in [9.17, 15) is 0 Å². The summed E-state index contributed by atoms with van der Waals surface area (Å²) in [6, 6.07) is 2.44. The van der Waals surface area contributed by atoms with E-state index < -0.39 is 0 Å². The van der Waals surface area contributed by atoms with Gasteiger partial charge < -0.3 is 10.6 Å². The van der Waals surface area contributed by atoms with Crippen molar-refractivity contribution in [3.63, 3.8) is 0 Å². The monoisotopic (exact) mass is 222 g/mol. The molecule has 0 amide bonds. The Kier molecular flexibility index (Phi) is 6.49. The third-order valence-corrected chi connectivity index (χ3v) is 2.42. The first-order valence-electron chi connectivity index (χ1n) is 6.07. The third-order valence-electron chi connectivity index (χ3n) is 2.42. The number of aromatic nitrogens is 2. The molecule has 1 unspecified atom stereocenters. The lowest BCUT2D eigenvalue weighted by molar-refractivity contribution is 0.505. The van der Waals surface area contributed by atoms with Crippen LogP contribution in [0.2, 0.25) is 0 Å². The van der Waals surface area contributed by atoms with Gasteiger partial charge in [-0.1, -0.05) is 13.3 Å². The standard InChI is InChI=1S/C12H22N4/c1-3-6-11(2)13-7-4-8-14-12-15-9-5-10-16-12/h5,9-11,13H,3-4,6-8H2,1-2H3,(H,14,15,16). The van der Waals surface area contributed by atoms with E-state index in [-0.39, 0.29) is 0 Å². The Labute approximate surface area is 97.9 Å². The summed E-state index contributed by atoms with van der Waals surface area (Å²) in [6.45, 7) is 6.40. The van der Waals surface area contributed by atoms with Gasteiger partial charge in [-0.05, 0) is 32.4 Å². The van der Waals surface area contributed by atoms with Crippen LogP contribution < -0.4 is 10.6 Å². The lowest BCUT2D eigenvalue weighted by atomic mass is 10.2. The van der Waals surface area contributed by atoms with Gasteiger partial charge in [-0.25, -0.2) is 9.97 Å². The zero-order valence-electron chi connectivity index (χ0n) is 10.2. The predicted octanol–water partition coefficient (Wildman–Crippen LogP) is 2.06. The van der Waals surface area contributed by atoms with Gasteiger partial charge in [-0.3, -0.25) is 0 Å². The van der Waals surface area contributed by atoms with Gasteiger partial charge in [-0.2, -0.15) is 0 Å². The van der Waals surface area contributed by atoms with Crippen LogP contribution in [0.1, 0.15) is 33.1 Å². The first-order chi connectivity index (χ1) is 7.83. The lowest BCUT2D eigenvalue weighted by Crippen LogP contribution is -2.27. The molecular weight excluding hydrogens is 200 g/mol. The second-order valence-corrected chi connectivity index (χ2v) is 4.00. The molecule has 0 radical (unpaired) electrons. The van der Waals surface area contributed by atoms with Gasteiger partial charge in [0.15, 0.2) is 0 Å². The molecule has 1 rings (SSSR count). The summed E-state index contributed by atoms with van der Waals surface area (Å²) in [6.07, 6.45) is 7.07. The minimum atomic E-state index is 0.623. The maximum atomic E-state index is 4.10. The normalized spacial score (nSPS) is 12.4. The van der Waals surface area contributed by atoms with Crippen molar-refractivity contribution in [3.8, 4) is 0 Å². The second-order valence-electron chi connectivity index (χ2n) is 4.00. The van der Waals surface area contributed by atoms with Crippen LogP contribution in [-0.4, -0.2) is 29.1 Å². The van der Waals surface area contributed by atoms with Crippen LogP contribution in [0.4, 0.5) is 5.95 Å². The van der Waals surface area contributed by atoms with Crippen molar-refractivity contribution in [2.24, 2.45) is 0 Å². The fourth-order valence-electron chi connectivity index (χ4n) is 1.56. The molecule has 1 heterocycles. The highest BCUT2D eigenvalue weighted by atomic mass is 15.1. The zero-order valence-corrected chi connectivity index (χ0v) is 10.2.